The lowest BCUT2D eigenvalue weighted by Gasteiger charge is -2.11. The fraction of sp³-hybridized carbons (Fsp3) is 0.231. The van der Waals surface area contributed by atoms with Crippen molar-refractivity contribution in [1.82, 2.24) is 10.1 Å². The van der Waals surface area contributed by atoms with Crippen molar-refractivity contribution in [3.8, 4) is 11.3 Å². The second-order valence-electron chi connectivity index (χ2n) is 4.43. The first-order valence-corrected chi connectivity index (χ1v) is 6.40. The van der Waals surface area contributed by atoms with Gasteiger partial charge in [0.15, 0.2) is 11.5 Å². The van der Waals surface area contributed by atoms with E-state index in [1.54, 1.807) is 0 Å². The summed E-state index contributed by atoms with van der Waals surface area (Å²) in [5.74, 6) is -0.659. The third kappa shape index (κ3) is 3.21. The molecule has 0 aliphatic carbocycles. The maximum atomic E-state index is 10.8. The van der Waals surface area contributed by atoms with Crippen molar-refractivity contribution in [2.45, 2.75) is 6.54 Å². The van der Waals surface area contributed by atoms with Crippen molar-refractivity contribution in [2.24, 2.45) is 0 Å². The molecule has 1 heterocycles. The van der Waals surface area contributed by atoms with Crippen LogP contribution in [0.1, 0.15) is 16.1 Å². The summed E-state index contributed by atoms with van der Waals surface area (Å²) in [5.41, 5.74) is 1.84. The average Bonchev–Trinajstić information content (AvgIpc) is 2.80. The van der Waals surface area contributed by atoms with Crippen molar-refractivity contribution >= 4 is 21.9 Å². The van der Waals surface area contributed by atoms with E-state index < -0.39 is 5.97 Å². The van der Waals surface area contributed by atoms with Gasteiger partial charge in [-0.05, 0) is 25.7 Å². The number of hydrogen-bond acceptors (Lipinski definition) is 4. The second kappa shape index (κ2) is 5.54. The van der Waals surface area contributed by atoms with Crippen molar-refractivity contribution in [3.63, 3.8) is 0 Å². The number of nitrogens with zero attached hydrogens (tertiary/aromatic N) is 2. The highest BCUT2D eigenvalue weighted by atomic mass is 79.9. The van der Waals surface area contributed by atoms with Gasteiger partial charge in [0.05, 0.1) is 0 Å². The number of aromatic nitrogens is 1. The third-order valence-corrected chi connectivity index (χ3v) is 3.29. The zero-order chi connectivity index (χ0) is 14.0. The highest BCUT2D eigenvalue weighted by molar-refractivity contribution is 9.10. The second-order valence-corrected chi connectivity index (χ2v) is 5.28. The van der Waals surface area contributed by atoms with Crippen molar-refractivity contribution < 1.29 is 14.4 Å². The first kappa shape index (κ1) is 13.8. The lowest BCUT2D eigenvalue weighted by Crippen LogP contribution is -2.10. The third-order valence-electron chi connectivity index (χ3n) is 2.55. The van der Waals surface area contributed by atoms with Crippen LogP contribution >= 0.6 is 15.9 Å². The minimum absolute atomic E-state index is 0.0940. The number of carboxylic acid groups (broad SMARTS) is 1. The van der Waals surface area contributed by atoms with E-state index in [4.69, 9.17) is 9.63 Å². The SMILES string of the molecule is CN(C)Cc1ccc(-c2cc(C(=O)O)no2)cc1Br. The smallest absolute Gasteiger partial charge is 0.358 e. The lowest BCUT2D eigenvalue weighted by molar-refractivity contribution is 0.0686. The molecule has 0 atom stereocenters. The van der Waals surface area contributed by atoms with Crippen LogP contribution in [0, 0.1) is 0 Å². The monoisotopic (exact) mass is 324 g/mol. The van der Waals surface area contributed by atoms with E-state index in [1.165, 1.54) is 6.07 Å². The van der Waals surface area contributed by atoms with Gasteiger partial charge in [0.2, 0.25) is 0 Å². The van der Waals surface area contributed by atoms with E-state index in [0.717, 1.165) is 22.1 Å². The average molecular weight is 325 g/mol. The summed E-state index contributed by atoms with van der Waals surface area (Å²) in [6.07, 6.45) is 0. The fourth-order valence-corrected chi connectivity index (χ4v) is 2.19. The van der Waals surface area contributed by atoms with E-state index >= 15 is 0 Å². The predicted octanol–water partition coefficient (Wildman–Crippen LogP) is 2.86. The summed E-state index contributed by atoms with van der Waals surface area (Å²) in [6.45, 7) is 0.817. The van der Waals surface area contributed by atoms with Crippen LogP contribution in [0.2, 0.25) is 0 Å². The zero-order valence-electron chi connectivity index (χ0n) is 10.6. The van der Waals surface area contributed by atoms with Crippen LogP contribution in [0.5, 0.6) is 0 Å². The number of carboxylic acids is 1. The molecule has 6 heteroatoms. The highest BCUT2D eigenvalue weighted by Crippen LogP contribution is 2.27. The van der Waals surface area contributed by atoms with Gasteiger partial charge in [-0.1, -0.05) is 33.2 Å². The number of aromatic carboxylic acids is 1. The van der Waals surface area contributed by atoms with Gasteiger partial charge in [-0.25, -0.2) is 4.79 Å². The van der Waals surface area contributed by atoms with E-state index in [0.29, 0.717) is 5.76 Å². The molecule has 19 heavy (non-hydrogen) atoms. The summed E-state index contributed by atoms with van der Waals surface area (Å²) >= 11 is 3.50. The standard InChI is InChI=1S/C13H13BrN2O3/c1-16(2)7-9-4-3-8(5-10(9)14)12-6-11(13(17)18)15-19-12/h3-6H,7H2,1-2H3,(H,17,18). The normalized spacial score (nSPS) is 10.9. The quantitative estimate of drug-likeness (QED) is 0.936. The van der Waals surface area contributed by atoms with Gasteiger partial charge >= 0.3 is 5.97 Å². The van der Waals surface area contributed by atoms with Gasteiger partial charge in [0, 0.05) is 22.6 Å². The topological polar surface area (TPSA) is 66.6 Å². The largest absolute Gasteiger partial charge is 0.476 e. The Morgan fingerprint density at radius 2 is 2.16 bits per heavy atom. The van der Waals surface area contributed by atoms with Crippen LogP contribution in [-0.2, 0) is 6.54 Å². The molecular weight excluding hydrogens is 312 g/mol. The maximum Gasteiger partial charge on any atom is 0.358 e. The van der Waals surface area contributed by atoms with Gasteiger partial charge < -0.3 is 14.5 Å². The molecule has 1 N–H and O–H groups in total. The molecule has 0 spiro atoms. The van der Waals surface area contributed by atoms with Crippen LogP contribution in [-0.4, -0.2) is 35.2 Å². The Morgan fingerprint density at radius 3 is 2.68 bits per heavy atom. The molecule has 2 aromatic rings. The first-order valence-electron chi connectivity index (χ1n) is 5.61. The minimum atomic E-state index is -1.10. The Morgan fingerprint density at radius 1 is 1.42 bits per heavy atom. The van der Waals surface area contributed by atoms with Crippen LogP contribution in [0.15, 0.2) is 33.3 Å². The van der Waals surface area contributed by atoms with E-state index in [2.05, 4.69) is 26.0 Å². The van der Waals surface area contributed by atoms with Crippen molar-refractivity contribution in [2.75, 3.05) is 14.1 Å². The highest BCUT2D eigenvalue weighted by Gasteiger charge is 2.13. The number of rotatable bonds is 4. The molecule has 0 aliphatic rings. The summed E-state index contributed by atoms with van der Waals surface area (Å²) in [6, 6.07) is 7.17. The number of carbonyl (C=O) groups is 1. The Labute approximate surface area is 118 Å². The van der Waals surface area contributed by atoms with Gasteiger partial charge in [-0.2, -0.15) is 0 Å². The van der Waals surface area contributed by atoms with Crippen molar-refractivity contribution in [1.29, 1.82) is 0 Å². The van der Waals surface area contributed by atoms with Crippen LogP contribution in [0.3, 0.4) is 0 Å². The molecule has 0 fully saturated rings. The molecule has 0 saturated heterocycles. The van der Waals surface area contributed by atoms with E-state index in [1.807, 2.05) is 32.3 Å². The predicted molar refractivity (Wildman–Crippen MR) is 74.0 cm³/mol. The van der Waals surface area contributed by atoms with Crippen molar-refractivity contribution in [3.05, 3.63) is 40.0 Å². The molecule has 0 unspecified atom stereocenters. The van der Waals surface area contributed by atoms with Crippen LogP contribution in [0.25, 0.3) is 11.3 Å². The fourth-order valence-electron chi connectivity index (χ4n) is 1.68. The molecule has 0 saturated carbocycles. The summed E-state index contributed by atoms with van der Waals surface area (Å²) < 4.78 is 5.98. The molecule has 1 aromatic carbocycles. The van der Waals surface area contributed by atoms with E-state index in [-0.39, 0.29) is 5.69 Å². The molecular formula is C13H13BrN2O3. The maximum absolute atomic E-state index is 10.8. The Hall–Kier alpha value is -1.66. The number of halogens is 1. The summed E-state index contributed by atoms with van der Waals surface area (Å²) in [7, 11) is 3.99. The molecule has 2 rings (SSSR count). The Bertz CT molecular complexity index is 608. The Balaban J connectivity index is 2.30. The molecule has 0 aliphatic heterocycles. The molecule has 1 aromatic heterocycles. The lowest BCUT2D eigenvalue weighted by atomic mass is 10.1. The molecule has 0 radical (unpaired) electrons. The molecule has 0 amide bonds. The van der Waals surface area contributed by atoms with Gasteiger partial charge in [-0.15, -0.1) is 0 Å². The van der Waals surface area contributed by atoms with Gasteiger partial charge in [0.1, 0.15) is 0 Å². The Kier molecular flexibility index (Phi) is 4.01. The zero-order valence-corrected chi connectivity index (χ0v) is 12.1. The minimum Gasteiger partial charge on any atom is -0.476 e. The van der Waals surface area contributed by atoms with Crippen LogP contribution in [0.4, 0.5) is 0 Å². The summed E-state index contributed by atoms with van der Waals surface area (Å²) in [4.78, 5) is 12.8. The number of hydrogen-bond donors (Lipinski definition) is 1. The van der Waals surface area contributed by atoms with Crippen LogP contribution < -0.4 is 0 Å². The number of benzene rings is 1. The van der Waals surface area contributed by atoms with Gasteiger partial charge in [-0.3, -0.25) is 0 Å². The molecule has 100 valence electrons. The molecule has 5 nitrogen and oxygen atoms in total. The van der Waals surface area contributed by atoms with E-state index in [9.17, 15) is 4.79 Å². The van der Waals surface area contributed by atoms with Gasteiger partial charge in [0.25, 0.3) is 0 Å². The molecule has 0 bridgehead atoms. The summed E-state index contributed by atoms with van der Waals surface area (Å²) in [5, 5.41) is 12.3. The first-order chi connectivity index (χ1) is 8.97.